The van der Waals surface area contributed by atoms with Gasteiger partial charge in [-0.05, 0) is 19.1 Å². The maximum atomic E-state index is 11.6. The SMILES string of the molecule is C=C/C=C\C(=C/C=C)N(CC)C(=O)CC. The summed E-state index contributed by atoms with van der Waals surface area (Å²) < 4.78 is 0. The van der Waals surface area contributed by atoms with Crippen LogP contribution >= 0.6 is 0 Å². The standard InChI is InChI=1S/C13H19NO/c1-5-9-11-12(10-6-2)14(8-4)13(15)7-3/h5-6,9-11H,1-2,7-8H2,3-4H3/b11-9-,12-10+. The zero-order valence-electron chi connectivity index (χ0n) is 9.57. The maximum absolute atomic E-state index is 11.6. The van der Waals surface area contributed by atoms with Gasteiger partial charge in [-0.2, -0.15) is 0 Å². The van der Waals surface area contributed by atoms with E-state index in [0.29, 0.717) is 13.0 Å². The van der Waals surface area contributed by atoms with Gasteiger partial charge in [0.1, 0.15) is 0 Å². The summed E-state index contributed by atoms with van der Waals surface area (Å²) in [5.74, 6) is 0.110. The van der Waals surface area contributed by atoms with Crippen molar-refractivity contribution in [3.05, 3.63) is 49.2 Å². The third-order valence-electron chi connectivity index (χ3n) is 1.92. The van der Waals surface area contributed by atoms with Crippen LogP contribution in [0.5, 0.6) is 0 Å². The Morgan fingerprint density at radius 3 is 2.33 bits per heavy atom. The second-order valence-electron chi connectivity index (χ2n) is 2.91. The normalized spacial score (nSPS) is 11.5. The number of nitrogens with zero attached hydrogens (tertiary/aromatic N) is 1. The van der Waals surface area contributed by atoms with Gasteiger partial charge in [0.15, 0.2) is 0 Å². The lowest BCUT2D eigenvalue weighted by atomic mass is 10.2. The second kappa shape index (κ2) is 7.80. The minimum absolute atomic E-state index is 0.110. The Morgan fingerprint density at radius 1 is 1.27 bits per heavy atom. The van der Waals surface area contributed by atoms with Crippen molar-refractivity contribution in [3.63, 3.8) is 0 Å². The molecule has 0 spiro atoms. The molecule has 1 amide bonds. The fraction of sp³-hybridized carbons (Fsp3) is 0.308. The Balaban J connectivity index is 4.93. The van der Waals surface area contributed by atoms with E-state index in [9.17, 15) is 4.79 Å². The molecule has 0 aromatic rings. The third kappa shape index (κ3) is 4.45. The molecule has 0 unspecified atom stereocenters. The van der Waals surface area contributed by atoms with E-state index in [4.69, 9.17) is 0 Å². The summed E-state index contributed by atoms with van der Waals surface area (Å²) in [6, 6.07) is 0. The Bertz CT molecular complexity index is 287. The zero-order chi connectivity index (χ0) is 11.7. The van der Waals surface area contributed by atoms with Crippen LogP contribution < -0.4 is 0 Å². The van der Waals surface area contributed by atoms with E-state index >= 15 is 0 Å². The smallest absolute Gasteiger partial charge is 0.226 e. The van der Waals surface area contributed by atoms with E-state index in [-0.39, 0.29) is 5.91 Å². The number of carbonyl (C=O) groups excluding carboxylic acids is 1. The van der Waals surface area contributed by atoms with Gasteiger partial charge in [0.05, 0.1) is 0 Å². The van der Waals surface area contributed by atoms with Gasteiger partial charge >= 0.3 is 0 Å². The molecule has 0 heterocycles. The van der Waals surface area contributed by atoms with Crippen LogP contribution in [-0.4, -0.2) is 17.4 Å². The Labute approximate surface area is 92.3 Å². The summed E-state index contributed by atoms with van der Waals surface area (Å²) in [5.41, 5.74) is 0.847. The first kappa shape index (κ1) is 13.4. The number of hydrogen-bond acceptors (Lipinski definition) is 1. The topological polar surface area (TPSA) is 20.3 Å². The fourth-order valence-corrected chi connectivity index (χ4v) is 1.22. The summed E-state index contributed by atoms with van der Waals surface area (Å²) in [5, 5.41) is 0. The molecule has 0 rings (SSSR count). The van der Waals surface area contributed by atoms with E-state index < -0.39 is 0 Å². The molecule has 2 heteroatoms. The largest absolute Gasteiger partial charge is 0.313 e. The van der Waals surface area contributed by atoms with Crippen LogP contribution in [0.15, 0.2) is 49.2 Å². The van der Waals surface area contributed by atoms with Crippen LogP contribution in [0.25, 0.3) is 0 Å². The fourth-order valence-electron chi connectivity index (χ4n) is 1.22. The molecule has 0 aliphatic rings. The molecule has 0 fully saturated rings. The first-order valence-corrected chi connectivity index (χ1v) is 5.13. The van der Waals surface area contributed by atoms with Crippen LogP contribution in [0.2, 0.25) is 0 Å². The molecule has 0 saturated heterocycles. The molecular weight excluding hydrogens is 186 g/mol. The molecule has 0 bridgehead atoms. The van der Waals surface area contributed by atoms with Gasteiger partial charge in [-0.3, -0.25) is 4.79 Å². The molecule has 15 heavy (non-hydrogen) atoms. The van der Waals surface area contributed by atoms with Crippen molar-refractivity contribution in [2.45, 2.75) is 20.3 Å². The van der Waals surface area contributed by atoms with Gasteiger partial charge in [-0.1, -0.05) is 38.3 Å². The molecule has 82 valence electrons. The Morgan fingerprint density at radius 2 is 1.93 bits per heavy atom. The molecule has 2 nitrogen and oxygen atoms in total. The second-order valence-corrected chi connectivity index (χ2v) is 2.91. The van der Waals surface area contributed by atoms with Crippen LogP contribution in [0, 0.1) is 0 Å². The van der Waals surface area contributed by atoms with Crippen molar-refractivity contribution < 1.29 is 4.79 Å². The first-order chi connectivity index (χ1) is 7.21. The zero-order valence-corrected chi connectivity index (χ0v) is 9.57. The molecular formula is C13H19NO. The van der Waals surface area contributed by atoms with Crippen molar-refractivity contribution in [2.24, 2.45) is 0 Å². The lowest BCUT2D eigenvalue weighted by Crippen LogP contribution is -2.28. The molecule has 0 atom stereocenters. The monoisotopic (exact) mass is 205 g/mol. The van der Waals surface area contributed by atoms with Crippen LogP contribution in [-0.2, 0) is 4.79 Å². The van der Waals surface area contributed by atoms with E-state index in [2.05, 4.69) is 13.2 Å². The Kier molecular flexibility index (Phi) is 6.98. The number of amides is 1. The number of allylic oxidation sites excluding steroid dienone is 5. The van der Waals surface area contributed by atoms with Crippen LogP contribution in [0.3, 0.4) is 0 Å². The number of hydrogen-bond donors (Lipinski definition) is 0. The van der Waals surface area contributed by atoms with Crippen LogP contribution in [0.1, 0.15) is 20.3 Å². The van der Waals surface area contributed by atoms with Gasteiger partial charge in [0.25, 0.3) is 0 Å². The van der Waals surface area contributed by atoms with Gasteiger partial charge in [-0.25, -0.2) is 0 Å². The molecule has 0 N–H and O–H groups in total. The van der Waals surface area contributed by atoms with Crippen molar-refractivity contribution >= 4 is 5.91 Å². The molecule has 0 aromatic heterocycles. The predicted octanol–water partition coefficient (Wildman–Crippen LogP) is 3.06. The lowest BCUT2D eigenvalue weighted by Gasteiger charge is -2.21. The van der Waals surface area contributed by atoms with Crippen molar-refractivity contribution in [1.29, 1.82) is 0 Å². The maximum Gasteiger partial charge on any atom is 0.226 e. The molecule has 0 radical (unpaired) electrons. The summed E-state index contributed by atoms with van der Waals surface area (Å²) in [7, 11) is 0. The number of rotatable bonds is 6. The van der Waals surface area contributed by atoms with Gasteiger partial charge in [0.2, 0.25) is 5.91 Å². The highest BCUT2D eigenvalue weighted by Gasteiger charge is 2.11. The first-order valence-electron chi connectivity index (χ1n) is 5.13. The summed E-state index contributed by atoms with van der Waals surface area (Å²) >= 11 is 0. The highest BCUT2D eigenvalue weighted by molar-refractivity contribution is 5.78. The van der Waals surface area contributed by atoms with E-state index in [1.165, 1.54) is 0 Å². The Hall–Kier alpha value is -1.57. The van der Waals surface area contributed by atoms with Crippen LogP contribution in [0.4, 0.5) is 0 Å². The third-order valence-corrected chi connectivity index (χ3v) is 1.92. The van der Waals surface area contributed by atoms with Gasteiger partial charge in [0, 0.05) is 18.7 Å². The highest BCUT2D eigenvalue weighted by Crippen LogP contribution is 2.08. The minimum atomic E-state index is 0.110. The van der Waals surface area contributed by atoms with Crippen molar-refractivity contribution in [2.75, 3.05) is 6.54 Å². The quantitative estimate of drug-likeness (QED) is 0.610. The molecule has 0 saturated carbocycles. The van der Waals surface area contributed by atoms with E-state index in [1.54, 1.807) is 23.1 Å². The minimum Gasteiger partial charge on any atom is -0.313 e. The average Bonchev–Trinajstić information content (AvgIpc) is 2.26. The van der Waals surface area contributed by atoms with Crippen molar-refractivity contribution in [1.82, 2.24) is 4.90 Å². The van der Waals surface area contributed by atoms with E-state index in [0.717, 1.165) is 5.70 Å². The number of carbonyl (C=O) groups is 1. The predicted molar refractivity (Wildman–Crippen MR) is 65.3 cm³/mol. The average molecular weight is 205 g/mol. The van der Waals surface area contributed by atoms with Gasteiger partial charge in [-0.15, -0.1) is 0 Å². The summed E-state index contributed by atoms with van der Waals surface area (Å²) in [6.07, 6.45) is 9.34. The highest BCUT2D eigenvalue weighted by atomic mass is 16.2. The molecule has 0 aliphatic carbocycles. The summed E-state index contributed by atoms with van der Waals surface area (Å²) in [4.78, 5) is 13.3. The molecule has 0 aromatic carbocycles. The van der Waals surface area contributed by atoms with Gasteiger partial charge < -0.3 is 4.90 Å². The van der Waals surface area contributed by atoms with E-state index in [1.807, 2.05) is 26.0 Å². The molecule has 0 aliphatic heterocycles. The van der Waals surface area contributed by atoms with Crippen molar-refractivity contribution in [3.8, 4) is 0 Å². The number of likely N-dealkylation sites (N-methyl/N-ethyl adjacent to an activating group) is 1. The summed E-state index contributed by atoms with van der Waals surface area (Å²) in [6.45, 7) is 11.7. The lowest BCUT2D eigenvalue weighted by molar-refractivity contribution is -0.128.